The zero-order valence-electron chi connectivity index (χ0n) is 22.1. The van der Waals surface area contributed by atoms with Gasteiger partial charge in [0, 0.05) is 13.1 Å². The Morgan fingerprint density at radius 2 is 1.18 bits per heavy atom. The normalized spacial score (nSPS) is 35.2. The molecule has 0 aromatic heterocycles. The molecule has 4 rings (SSSR count). The van der Waals surface area contributed by atoms with Crippen molar-refractivity contribution in [3.8, 4) is 0 Å². The second-order valence-electron chi connectivity index (χ2n) is 10.3. The largest absolute Gasteiger partial charge is 0.394 e. The first-order valence-electron chi connectivity index (χ1n) is 13.2. The van der Waals surface area contributed by atoms with E-state index >= 15 is 0 Å². The van der Waals surface area contributed by atoms with E-state index in [0.717, 1.165) is 22.3 Å². The molecule has 2 heterocycles. The Hall–Kier alpha value is -2.00. The number of aliphatic hydroxyl groups is 6. The van der Waals surface area contributed by atoms with Crippen LogP contribution in [0.25, 0.3) is 0 Å². The fourth-order valence-corrected chi connectivity index (χ4v) is 4.86. The Kier molecular flexibility index (Phi) is 10.4. The van der Waals surface area contributed by atoms with Gasteiger partial charge in [-0.3, -0.25) is 5.32 Å². The van der Waals surface area contributed by atoms with E-state index < -0.39 is 74.5 Å². The monoisotopic (exact) mass is 548 g/mol. The predicted molar refractivity (Wildman–Crippen MR) is 140 cm³/mol. The number of rotatable bonds is 10. The van der Waals surface area contributed by atoms with Gasteiger partial charge in [0.1, 0.15) is 49.0 Å². The molecular weight excluding hydrogens is 508 g/mol. The van der Waals surface area contributed by atoms with Crippen molar-refractivity contribution < 1.29 is 44.8 Å². The van der Waals surface area contributed by atoms with E-state index in [0.29, 0.717) is 13.1 Å². The lowest BCUT2D eigenvalue weighted by Gasteiger charge is -2.48. The van der Waals surface area contributed by atoms with Crippen LogP contribution in [0.2, 0.25) is 0 Å². The molecule has 2 aromatic rings. The van der Waals surface area contributed by atoms with Gasteiger partial charge in [-0.25, -0.2) is 0 Å². The van der Waals surface area contributed by atoms with Crippen LogP contribution in [0.1, 0.15) is 22.3 Å². The van der Waals surface area contributed by atoms with Gasteiger partial charge in [0.05, 0.1) is 19.3 Å². The number of hydrogen-bond donors (Lipinski definition) is 8. The van der Waals surface area contributed by atoms with Crippen LogP contribution in [0.15, 0.2) is 48.5 Å². The molecule has 0 bridgehead atoms. The number of ether oxygens (including phenoxy) is 3. The zero-order valence-corrected chi connectivity index (χ0v) is 22.1. The molecule has 216 valence electrons. The molecular formula is C28H40N2O9. The molecule has 11 nitrogen and oxygen atoms in total. The maximum atomic E-state index is 11.1. The van der Waals surface area contributed by atoms with Gasteiger partial charge in [-0.05, 0) is 25.0 Å². The molecule has 10 atom stereocenters. The minimum atomic E-state index is -1.65. The second-order valence-corrected chi connectivity index (χ2v) is 10.3. The summed E-state index contributed by atoms with van der Waals surface area (Å²) in [4.78, 5) is 0. The standard InChI is InChI=1S/C28H40N2O9/c1-15-3-7-17(8-4-15)11-29-21-26(39-28-25(36)24(35)22(33)19(13-31)38-28)23(34)20(14-32)37-27(21)30-12-18-9-5-16(2)6-10-18/h3-10,19-36H,11-14H2,1-2H3/t19-,20-,21-,22-,23-,24+,25-,26-,27+,28-/m1/s1. The molecule has 0 aliphatic carbocycles. The first kappa shape index (κ1) is 30.0. The van der Waals surface area contributed by atoms with Crippen molar-refractivity contribution in [3.05, 3.63) is 70.8 Å². The molecule has 11 heteroatoms. The van der Waals surface area contributed by atoms with Crippen LogP contribution in [-0.4, -0.2) is 105 Å². The van der Waals surface area contributed by atoms with Crippen LogP contribution in [-0.2, 0) is 27.3 Å². The molecule has 2 aliphatic heterocycles. The number of aryl methyl sites for hydroxylation is 2. The summed E-state index contributed by atoms with van der Waals surface area (Å²) in [5.41, 5.74) is 4.21. The summed E-state index contributed by atoms with van der Waals surface area (Å²) in [6, 6.07) is 15.2. The number of hydrogen-bond acceptors (Lipinski definition) is 11. The first-order chi connectivity index (χ1) is 18.7. The Morgan fingerprint density at radius 1 is 0.667 bits per heavy atom. The van der Waals surface area contributed by atoms with Crippen molar-refractivity contribution in [2.75, 3.05) is 13.2 Å². The van der Waals surface area contributed by atoms with E-state index in [2.05, 4.69) is 10.6 Å². The van der Waals surface area contributed by atoms with Crippen LogP contribution in [0.4, 0.5) is 0 Å². The van der Waals surface area contributed by atoms with E-state index in [-0.39, 0.29) is 0 Å². The van der Waals surface area contributed by atoms with Gasteiger partial charge in [-0.2, -0.15) is 0 Å². The van der Waals surface area contributed by atoms with Gasteiger partial charge >= 0.3 is 0 Å². The van der Waals surface area contributed by atoms with Gasteiger partial charge in [-0.15, -0.1) is 0 Å². The Morgan fingerprint density at radius 3 is 1.72 bits per heavy atom. The fraction of sp³-hybridized carbons (Fsp3) is 0.571. The average molecular weight is 549 g/mol. The molecule has 39 heavy (non-hydrogen) atoms. The van der Waals surface area contributed by atoms with Gasteiger partial charge in [0.2, 0.25) is 0 Å². The summed E-state index contributed by atoms with van der Waals surface area (Å²) < 4.78 is 17.7. The van der Waals surface area contributed by atoms with Crippen LogP contribution < -0.4 is 10.6 Å². The van der Waals surface area contributed by atoms with Crippen LogP contribution in [0.3, 0.4) is 0 Å². The lowest BCUT2D eigenvalue weighted by molar-refractivity contribution is -0.333. The van der Waals surface area contributed by atoms with Gasteiger partial charge in [0.15, 0.2) is 6.29 Å². The molecule has 0 spiro atoms. The summed E-state index contributed by atoms with van der Waals surface area (Å²) in [6.45, 7) is 3.70. The Bertz CT molecular complexity index is 1020. The maximum absolute atomic E-state index is 11.1. The molecule has 2 fully saturated rings. The van der Waals surface area contributed by atoms with Crippen LogP contribution in [0, 0.1) is 13.8 Å². The lowest BCUT2D eigenvalue weighted by atomic mass is 9.94. The third-order valence-corrected chi connectivity index (χ3v) is 7.33. The fourth-order valence-electron chi connectivity index (χ4n) is 4.86. The third kappa shape index (κ3) is 7.20. The predicted octanol–water partition coefficient (Wildman–Crippen LogP) is -1.19. The SMILES string of the molecule is Cc1ccc(CN[C@@H]2[C@@H](O[C@H]3O[C@H](CO)[C@@H](O)[C@H](O)[C@H]3O)[C@H](O)[C@@H](CO)O[C@@H]2NCc2ccc(C)cc2)cc1. The average Bonchev–Trinajstić information content (AvgIpc) is 2.94. The van der Waals surface area contributed by atoms with Crippen molar-refractivity contribution >= 4 is 0 Å². The molecule has 0 saturated carbocycles. The van der Waals surface area contributed by atoms with E-state index in [1.54, 1.807) is 0 Å². The van der Waals surface area contributed by atoms with Crippen LogP contribution in [0.5, 0.6) is 0 Å². The topological polar surface area (TPSA) is 173 Å². The quantitative estimate of drug-likeness (QED) is 0.179. The summed E-state index contributed by atoms with van der Waals surface area (Å²) in [5.74, 6) is 0. The maximum Gasteiger partial charge on any atom is 0.187 e. The highest BCUT2D eigenvalue weighted by molar-refractivity contribution is 5.22. The zero-order chi connectivity index (χ0) is 28.1. The highest BCUT2D eigenvalue weighted by Crippen LogP contribution is 2.29. The molecule has 0 radical (unpaired) electrons. The van der Waals surface area contributed by atoms with E-state index in [1.165, 1.54) is 0 Å². The number of nitrogens with one attached hydrogen (secondary N) is 2. The number of benzene rings is 2. The van der Waals surface area contributed by atoms with Crippen molar-refractivity contribution in [2.45, 2.75) is 88.2 Å². The van der Waals surface area contributed by atoms with Crippen molar-refractivity contribution in [2.24, 2.45) is 0 Å². The Balaban J connectivity index is 1.58. The van der Waals surface area contributed by atoms with Crippen molar-refractivity contribution in [3.63, 3.8) is 0 Å². The van der Waals surface area contributed by atoms with E-state index in [9.17, 15) is 30.6 Å². The van der Waals surface area contributed by atoms with Gasteiger partial charge < -0.3 is 50.2 Å². The number of aliphatic hydroxyl groups excluding tert-OH is 6. The molecule has 0 unspecified atom stereocenters. The van der Waals surface area contributed by atoms with Gasteiger partial charge in [0.25, 0.3) is 0 Å². The first-order valence-corrected chi connectivity index (χ1v) is 13.2. The van der Waals surface area contributed by atoms with Crippen LogP contribution >= 0.6 is 0 Å². The Labute approximate surface area is 228 Å². The summed E-state index contributed by atoms with van der Waals surface area (Å²) in [6.07, 6.45) is -11.7. The summed E-state index contributed by atoms with van der Waals surface area (Å²) in [5, 5.41) is 68.4. The van der Waals surface area contributed by atoms with E-state index in [4.69, 9.17) is 14.2 Å². The van der Waals surface area contributed by atoms with Gasteiger partial charge in [-0.1, -0.05) is 59.7 Å². The van der Waals surface area contributed by atoms with Crippen molar-refractivity contribution in [1.29, 1.82) is 0 Å². The second kappa shape index (κ2) is 13.6. The third-order valence-electron chi connectivity index (χ3n) is 7.33. The summed E-state index contributed by atoms with van der Waals surface area (Å²) >= 11 is 0. The smallest absolute Gasteiger partial charge is 0.187 e. The lowest BCUT2D eigenvalue weighted by Crippen LogP contribution is -2.69. The molecule has 2 saturated heterocycles. The van der Waals surface area contributed by atoms with Crippen molar-refractivity contribution in [1.82, 2.24) is 10.6 Å². The minimum absolute atomic E-state index is 0.391. The highest BCUT2D eigenvalue weighted by atomic mass is 16.7. The molecule has 8 N–H and O–H groups in total. The molecule has 2 aliphatic rings. The molecule has 2 aromatic carbocycles. The highest BCUT2D eigenvalue weighted by Gasteiger charge is 2.50. The molecule has 0 amide bonds. The minimum Gasteiger partial charge on any atom is -0.394 e. The van der Waals surface area contributed by atoms with E-state index in [1.807, 2.05) is 62.4 Å². The summed E-state index contributed by atoms with van der Waals surface area (Å²) in [7, 11) is 0.